The number of nitrogens with one attached hydrogen (secondary N) is 2. The largest absolute Gasteiger partial charge is 0.347 e. The molecule has 6 nitrogen and oxygen atoms in total. The lowest BCUT2D eigenvalue weighted by molar-refractivity contribution is 0.0945. The van der Waals surface area contributed by atoms with Crippen LogP contribution in [0.2, 0.25) is 0 Å². The summed E-state index contributed by atoms with van der Waals surface area (Å²) in [6.45, 7) is 0.325. The number of hydrogen-bond acceptors (Lipinski definition) is 4. The molecular weight excluding hydrogens is 244 g/mol. The number of amides is 1. The first-order chi connectivity index (χ1) is 9.19. The third-order valence-electron chi connectivity index (χ3n) is 2.45. The Labute approximate surface area is 108 Å². The van der Waals surface area contributed by atoms with E-state index in [4.69, 9.17) is 5.26 Å². The highest BCUT2D eigenvalue weighted by atomic mass is 16.2. The summed E-state index contributed by atoms with van der Waals surface area (Å²) in [7, 11) is 0. The lowest BCUT2D eigenvalue weighted by atomic mass is 10.1. The van der Waals surface area contributed by atoms with Crippen molar-refractivity contribution >= 4 is 5.91 Å². The number of nitrogens with zero attached hydrogens (tertiary/aromatic N) is 2. The van der Waals surface area contributed by atoms with Crippen molar-refractivity contribution in [3.63, 3.8) is 0 Å². The molecule has 0 aliphatic rings. The van der Waals surface area contributed by atoms with Gasteiger partial charge in [-0.1, -0.05) is 12.1 Å². The fourth-order valence-corrected chi connectivity index (χ4v) is 1.44. The molecule has 0 spiro atoms. The van der Waals surface area contributed by atoms with Crippen molar-refractivity contribution in [3.8, 4) is 6.07 Å². The summed E-state index contributed by atoms with van der Waals surface area (Å²) in [5, 5.41) is 17.1. The first kappa shape index (κ1) is 12.5. The highest BCUT2D eigenvalue weighted by Gasteiger charge is 2.06. The quantitative estimate of drug-likeness (QED) is 0.836. The van der Waals surface area contributed by atoms with Crippen LogP contribution in [0, 0.1) is 11.3 Å². The summed E-state index contributed by atoms with van der Waals surface area (Å²) in [6.07, 6.45) is 0. The number of aromatic amines is 1. The molecule has 0 aliphatic heterocycles. The summed E-state index contributed by atoms with van der Waals surface area (Å²) in [6, 6.07) is 11.5. The van der Waals surface area contributed by atoms with Gasteiger partial charge in [-0.25, -0.2) is 5.10 Å². The Bertz CT molecular complexity index is 663. The summed E-state index contributed by atoms with van der Waals surface area (Å²) in [5.41, 5.74) is 1.23. The number of aromatic nitrogens is 2. The minimum absolute atomic E-state index is 0.147. The van der Waals surface area contributed by atoms with Crippen LogP contribution in [-0.4, -0.2) is 16.1 Å². The number of benzene rings is 1. The van der Waals surface area contributed by atoms with Gasteiger partial charge in [0, 0.05) is 12.6 Å². The molecular formula is C13H10N4O2. The predicted molar refractivity (Wildman–Crippen MR) is 67.2 cm³/mol. The smallest absolute Gasteiger partial charge is 0.271 e. The Balaban J connectivity index is 1.98. The van der Waals surface area contributed by atoms with Gasteiger partial charge < -0.3 is 5.32 Å². The number of carbonyl (C=O) groups is 1. The van der Waals surface area contributed by atoms with Crippen molar-refractivity contribution in [2.45, 2.75) is 6.54 Å². The van der Waals surface area contributed by atoms with Crippen LogP contribution >= 0.6 is 0 Å². The first-order valence-corrected chi connectivity index (χ1v) is 5.52. The number of rotatable bonds is 3. The van der Waals surface area contributed by atoms with E-state index in [1.807, 2.05) is 6.07 Å². The normalized spacial score (nSPS) is 9.63. The monoisotopic (exact) mass is 254 g/mol. The zero-order valence-corrected chi connectivity index (χ0v) is 9.88. The molecule has 2 rings (SSSR count). The second kappa shape index (κ2) is 5.60. The molecule has 6 heteroatoms. The summed E-state index contributed by atoms with van der Waals surface area (Å²) in [4.78, 5) is 22.5. The van der Waals surface area contributed by atoms with E-state index in [1.165, 1.54) is 12.1 Å². The summed E-state index contributed by atoms with van der Waals surface area (Å²) < 4.78 is 0. The first-order valence-electron chi connectivity index (χ1n) is 5.52. The topological polar surface area (TPSA) is 98.6 Å². The molecule has 0 saturated carbocycles. The Morgan fingerprint density at radius 1 is 1.26 bits per heavy atom. The molecule has 1 aromatic carbocycles. The second-order valence-corrected chi connectivity index (χ2v) is 3.80. The zero-order valence-electron chi connectivity index (χ0n) is 9.88. The molecule has 0 aliphatic carbocycles. The number of nitriles is 1. The van der Waals surface area contributed by atoms with Crippen LogP contribution in [0.5, 0.6) is 0 Å². The maximum absolute atomic E-state index is 11.7. The molecule has 1 amide bonds. The van der Waals surface area contributed by atoms with E-state index in [-0.39, 0.29) is 17.2 Å². The third kappa shape index (κ3) is 3.26. The van der Waals surface area contributed by atoms with Crippen LogP contribution in [-0.2, 0) is 6.54 Å². The summed E-state index contributed by atoms with van der Waals surface area (Å²) >= 11 is 0. The van der Waals surface area contributed by atoms with Gasteiger partial charge >= 0.3 is 0 Å². The fraction of sp³-hybridized carbons (Fsp3) is 0.0769. The van der Waals surface area contributed by atoms with Gasteiger partial charge in [0.1, 0.15) is 5.69 Å². The van der Waals surface area contributed by atoms with Crippen LogP contribution in [0.4, 0.5) is 0 Å². The highest BCUT2D eigenvalue weighted by molar-refractivity contribution is 5.91. The van der Waals surface area contributed by atoms with Crippen molar-refractivity contribution in [1.29, 1.82) is 5.26 Å². The molecule has 0 fully saturated rings. The minimum atomic E-state index is -0.374. The average Bonchev–Trinajstić information content (AvgIpc) is 2.46. The Kier molecular flexibility index (Phi) is 3.69. The molecule has 1 heterocycles. The van der Waals surface area contributed by atoms with Gasteiger partial charge in [0.05, 0.1) is 11.6 Å². The van der Waals surface area contributed by atoms with Crippen molar-refractivity contribution in [2.75, 3.05) is 0 Å². The fourth-order valence-electron chi connectivity index (χ4n) is 1.44. The standard InChI is InChI=1S/C13H10N4O2/c14-7-9-1-3-10(4-2-9)8-15-13(19)11-5-6-12(18)17-16-11/h1-6H,8H2,(H,15,19)(H,17,18). The maximum atomic E-state index is 11.7. The van der Waals surface area contributed by atoms with Gasteiger partial charge in [-0.3, -0.25) is 9.59 Å². The van der Waals surface area contributed by atoms with Crippen LogP contribution in [0.25, 0.3) is 0 Å². The third-order valence-corrected chi connectivity index (χ3v) is 2.45. The van der Waals surface area contributed by atoms with E-state index in [0.29, 0.717) is 12.1 Å². The second-order valence-electron chi connectivity index (χ2n) is 3.80. The molecule has 2 N–H and O–H groups in total. The Morgan fingerprint density at radius 3 is 2.58 bits per heavy atom. The predicted octanol–water partition coefficient (Wildman–Crippen LogP) is 0.572. The van der Waals surface area contributed by atoms with E-state index < -0.39 is 0 Å². The minimum Gasteiger partial charge on any atom is -0.347 e. The van der Waals surface area contributed by atoms with Crippen LogP contribution in [0.3, 0.4) is 0 Å². The van der Waals surface area contributed by atoms with Crippen LogP contribution in [0.1, 0.15) is 21.6 Å². The average molecular weight is 254 g/mol. The molecule has 0 atom stereocenters. The molecule has 0 saturated heterocycles. The SMILES string of the molecule is N#Cc1ccc(CNC(=O)c2ccc(=O)[nH]n2)cc1. The molecule has 0 unspecified atom stereocenters. The Morgan fingerprint density at radius 2 is 2.00 bits per heavy atom. The molecule has 94 valence electrons. The van der Waals surface area contributed by atoms with E-state index in [9.17, 15) is 9.59 Å². The van der Waals surface area contributed by atoms with Gasteiger partial charge in [-0.2, -0.15) is 10.4 Å². The molecule has 2 aromatic rings. The van der Waals surface area contributed by atoms with Crippen LogP contribution < -0.4 is 10.9 Å². The number of hydrogen-bond donors (Lipinski definition) is 2. The van der Waals surface area contributed by atoms with E-state index in [0.717, 1.165) is 5.56 Å². The lowest BCUT2D eigenvalue weighted by Crippen LogP contribution is -2.25. The van der Waals surface area contributed by atoms with Crippen molar-refractivity contribution in [2.24, 2.45) is 0 Å². The van der Waals surface area contributed by atoms with E-state index >= 15 is 0 Å². The Hall–Kier alpha value is -2.94. The van der Waals surface area contributed by atoms with Crippen molar-refractivity contribution in [1.82, 2.24) is 15.5 Å². The van der Waals surface area contributed by atoms with Gasteiger partial charge in [0.2, 0.25) is 0 Å². The number of H-pyrrole nitrogens is 1. The van der Waals surface area contributed by atoms with Gasteiger partial charge in [-0.15, -0.1) is 0 Å². The van der Waals surface area contributed by atoms with Gasteiger partial charge in [0.25, 0.3) is 11.5 Å². The van der Waals surface area contributed by atoms with E-state index in [2.05, 4.69) is 15.5 Å². The molecule has 0 bridgehead atoms. The summed E-state index contributed by atoms with van der Waals surface area (Å²) in [5.74, 6) is -0.374. The van der Waals surface area contributed by atoms with Gasteiger partial charge in [0.15, 0.2) is 0 Å². The van der Waals surface area contributed by atoms with Crippen molar-refractivity contribution < 1.29 is 4.79 Å². The highest BCUT2D eigenvalue weighted by Crippen LogP contribution is 2.03. The molecule has 1 aromatic heterocycles. The molecule has 19 heavy (non-hydrogen) atoms. The lowest BCUT2D eigenvalue weighted by Gasteiger charge is -2.04. The zero-order chi connectivity index (χ0) is 13.7. The van der Waals surface area contributed by atoms with Gasteiger partial charge in [-0.05, 0) is 23.8 Å². The van der Waals surface area contributed by atoms with Crippen molar-refractivity contribution in [3.05, 3.63) is 63.6 Å². The maximum Gasteiger partial charge on any atom is 0.271 e. The van der Waals surface area contributed by atoms with E-state index in [1.54, 1.807) is 24.3 Å². The van der Waals surface area contributed by atoms with Crippen LogP contribution in [0.15, 0.2) is 41.2 Å². The molecule has 0 radical (unpaired) electrons. The number of carbonyl (C=O) groups excluding carboxylic acids is 1.